The van der Waals surface area contributed by atoms with Crippen LogP contribution in [0.25, 0.3) is 0 Å². The van der Waals surface area contributed by atoms with Crippen LogP contribution in [-0.2, 0) is 14.8 Å². The molecule has 0 saturated carbocycles. The number of carbonyl (C=O) groups excluding carboxylic acids is 1. The number of aromatic nitrogens is 1. The van der Waals surface area contributed by atoms with Gasteiger partial charge in [-0.1, -0.05) is 31.5 Å². The van der Waals surface area contributed by atoms with Crippen molar-refractivity contribution in [2.24, 2.45) is 5.41 Å². The molecule has 0 radical (unpaired) electrons. The molecule has 0 bridgehead atoms. The third-order valence-electron chi connectivity index (χ3n) is 5.67. The Kier molecular flexibility index (Phi) is 8.14. The molecule has 3 rings (SSSR count). The lowest BCUT2D eigenvalue weighted by Crippen LogP contribution is -2.49. The number of nitrogens with zero attached hydrogens (tertiary/aromatic N) is 2. The molecule has 1 amide bonds. The average molecular weight is 480 g/mol. The molecule has 32 heavy (non-hydrogen) atoms. The van der Waals surface area contributed by atoms with E-state index in [-0.39, 0.29) is 17.0 Å². The van der Waals surface area contributed by atoms with Crippen molar-refractivity contribution in [3.8, 4) is 5.75 Å². The van der Waals surface area contributed by atoms with Gasteiger partial charge in [-0.25, -0.2) is 13.4 Å². The van der Waals surface area contributed by atoms with Gasteiger partial charge in [0.1, 0.15) is 5.75 Å². The molecule has 1 aliphatic rings. The molecule has 0 unspecified atom stereocenters. The van der Waals surface area contributed by atoms with E-state index in [1.807, 2.05) is 26.0 Å². The Morgan fingerprint density at radius 1 is 1.19 bits per heavy atom. The Balaban J connectivity index is 1.42. The molecule has 1 aromatic carbocycles. The quantitative estimate of drug-likeness (QED) is 0.551. The number of sulfonamides is 1. The van der Waals surface area contributed by atoms with E-state index in [0.717, 1.165) is 12.2 Å². The van der Waals surface area contributed by atoms with Gasteiger partial charge in [0, 0.05) is 35.8 Å². The molecule has 174 valence electrons. The van der Waals surface area contributed by atoms with Crippen LogP contribution in [-0.4, -0.2) is 49.4 Å². The van der Waals surface area contributed by atoms with E-state index in [1.165, 1.54) is 16.6 Å². The minimum Gasteiger partial charge on any atom is -0.494 e. The molecule has 1 saturated heterocycles. The highest BCUT2D eigenvalue weighted by Crippen LogP contribution is 2.25. The molecular weight excluding hydrogens is 450 g/mol. The lowest BCUT2D eigenvalue weighted by molar-refractivity contribution is -0.130. The van der Waals surface area contributed by atoms with Crippen molar-refractivity contribution in [1.29, 1.82) is 0 Å². The first kappa shape index (κ1) is 24.5. The second-order valence-electron chi connectivity index (χ2n) is 8.61. The van der Waals surface area contributed by atoms with Crippen LogP contribution in [0.5, 0.6) is 5.75 Å². The second-order valence-corrected chi connectivity index (χ2v) is 10.9. The largest absolute Gasteiger partial charge is 0.494 e. The number of benzene rings is 1. The predicted molar refractivity (Wildman–Crippen MR) is 124 cm³/mol. The standard InChI is InChI=1S/C23H30ClN3O4S/c1-23(2,13-5-17-31-20-9-7-18(24)8-10-20)22(28)26-19-11-15-27(16-12-19)32(29,30)21-6-3-4-14-25-21/h3-4,6-10,14,19H,5,11-13,15-17H2,1-2H3,(H,26,28). The summed E-state index contributed by atoms with van der Waals surface area (Å²) in [7, 11) is -3.59. The molecule has 2 heterocycles. The van der Waals surface area contributed by atoms with Crippen LogP contribution >= 0.6 is 11.6 Å². The fourth-order valence-electron chi connectivity index (χ4n) is 3.60. The van der Waals surface area contributed by atoms with Gasteiger partial charge in [0.25, 0.3) is 10.0 Å². The number of ether oxygens (including phenoxy) is 1. The molecule has 1 fully saturated rings. The van der Waals surface area contributed by atoms with E-state index in [1.54, 1.807) is 24.3 Å². The summed E-state index contributed by atoms with van der Waals surface area (Å²) in [6, 6.07) is 12.0. The smallest absolute Gasteiger partial charge is 0.260 e. The van der Waals surface area contributed by atoms with Crippen LogP contribution in [0.4, 0.5) is 0 Å². The summed E-state index contributed by atoms with van der Waals surface area (Å²) in [5, 5.41) is 3.83. The number of amides is 1. The Morgan fingerprint density at radius 3 is 2.50 bits per heavy atom. The highest BCUT2D eigenvalue weighted by atomic mass is 35.5. The van der Waals surface area contributed by atoms with E-state index in [9.17, 15) is 13.2 Å². The van der Waals surface area contributed by atoms with Crippen molar-refractivity contribution in [2.75, 3.05) is 19.7 Å². The number of piperidine rings is 1. The summed E-state index contributed by atoms with van der Waals surface area (Å²) in [6.07, 6.45) is 4.05. The van der Waals surface area contributed by atoms with Crippen molar-refractivity contribution in [3.63, 3.8) is 0 Å². The zero-order chi connectivity index (χ0) is 23.2. The van der Waals surface area contributed by atoms with Gasteiger partial charge in [-0.05, 0) is 62.1 Å². The number of carbonyl (C=O) groups is 1. The fraction of sp³-hybridized carbons (Fsp3) is 0.478. The monoisotopic (exact) mass is 479 g/mol. The average Bonchev–Trinajstić information content (AvgIpc) is 2.79. The third kappa shape index (κ3) is 6.43. The molecule has 1 N–H and O–H groups in total. The number of pyridine rings is 1. The van der Waals surface area contributed by atoms with Crippen molar-refractivity contribution in [1.82, 2.24) is 14.6 Å². The molecular formula is C23H30ClN3O4S. The van der Waals surface area contributed by atoms with Gasteiger partial charge in [0.2, 0.25) is 5.91 Å². The number of nitrogens with one attached hydrogen (secondary N) is 1. The molecule has 0 aliphatic carbocycles. The first-order chi connectivity index (χ1) is 15.2. The number of rotatable bonds is 9. The van der Waals surface area contributed by atoms with E-state index < -0.39 is 15.4 Å². The van der Waals surface area contributed by atoms with Gasteiger partial charge in [0.15, 0.2) is 5.03 Å². The first-order valence-electron chi connectivity index (χ1n) is 10.8. The summed E-state index contributed by atoms with van der Waals surface area (Å²) >= 11 is 5.87. The molecule has 1 aromatic heterocycles. The van der Waals surface area contributed by atoms with Crippen LogP contribution < -0.4 is 10.1 Å². The van der Waals surface area contributed by atoms with E-state index in [4.69, 9.17) is 16.3 Å². The zero-order valence-electron chi connectivity index (χ0n) is 18.5. The summed E-state index contributed by atoms with van der Waals surface area (Å²) < 4.78 is 32.5. The summed E-state index contributed by atoms with van der Waals surface area (Å²) in [4.78, 5) is 16.8. The Hall–Kier alpha value is -2.16. The van der Waals surface area contributed by atoms with Crippen molar-refractivity contribution < 1.29 is 17.9 Å². The summed E-state index contributed by atoms with van der Waals surface area (Å²) in [5.74, 6) is 0.735. The van der Waals surface area contributed by atoms with Crippen LogP contribution in [0.2, 0.25) is 5.02 Å². The minimum absolute atomic E-state index is 0.0185. The number of hydrogen-bond acceptors (Lipinski definition) is 5. The van der Waals surface area contributed by atoms with Crippen molar-refractivity contribution >= 4 is 27.5 Å². The van der Waals surface area contributed by atoms with Crippen LogP contribution in [0.1, 0.15) is 39.5 Å². The van der Waals surface area contributed by atoms with E-state index in [2.05, 4.69) is 10.3 Å². The van der Waals surface area contributed by atoms with Crippen LogP contribution in [0, 0.1) is 5.41 Å². The van der Waals surface area contributed by atoms with E-state index in [0.29, 0.717) is 44.0 Å². The topological polar surface area (TPSA) is 88.6 Å². The first-order valence-corrected chi connectivity index (χ1v) is 12.6. The van der Waals surface area contributed by atoms with Gasteiger partial charge in [-0.2, -0.15) is 4.31 Å². The normalized spacial score (nSPS) is 16.0. The lowest BCUT2D eigenvalue weighted by Gasteiger charge is -2.33. The number of halogens is 1. The van der Waals surface area contributed by atoms with Gasteiger partial charge >= 0.3 is 0 Å². The zero-order valence-corrected chi connectivity index (χ0v) is 20.0. The Morgan fingerprint density at radius 2 is 1.88 bits per heavy atom. The van der Waals surface area contributed by atoms with Gasteiger partial charge in [0.05, 0.1) is 6.61 Å². The SMILES string of the molecule is CC(C)(CCCOc1ccc(Cl)cc1)C(=O)NC1CCN(S(=O)(=O)c2ccccn2)CC1. The van der Waals surface area contributed by atoms with E-state index >= 15 is 0 Å². The van der Waals surface area contributed by atoms with Gasteiger partial charge < -0.3 is 10.1 Å². The minimum atomic E-state index is -3.59. The predicted octanol–water partition coefficient (Wildman–Crippen LogP) is 3.89. The molecule has 7 nitrogen and oxygen atoms in total. The Labute approximate surface area is 195 Å². The van der Waals surface area contributed by atoms with Gasteiger partial charge in [-0.15, -0.1) is 0 Å². The molecule has 2 aromatic rings. The maximum absolute atomic E-state index is 12.8. The third-order valence-corrected chi connectivity index (χ3v) is 7.74. The lowest BCUT2D eigenvalue weighted by atomic mass is 9.86. The Bertz CT molecular complexity index is 990. The second kappa shape index (κ2) is 10.6. The maximum atomic E-state index is 12.8. The molecule has 9 heteroatoms. The molecule has 1 aliphatic heterocycles. The van der Waals surface area contributed by atoms with Crippen LogP contribution in [0.15, 0.2) is 53.7 Å². The summed E-state index contributed by atoms with van der Waals surface area (Å²) in [5.41, 5.74) is -0.541. The molecule has 0 spiro atoms. The van der Waals surface area contributed by atoms with Crippen molar-refractivity contribution in [2.45, 2.75) is 50.6 Å². The summed E-state index contributed by atoms with van der Waals surface area (Å²) in [6.45, 7) is 5.08. The van der Waals surface area contributed by atoms with Crippen molar-refractivity contribution in [3.05, 3.63) is 53.7 Å². The fourth-order valence-corrected chi connectivity index (χ4v) is 5.13. The highest BCUT2D eigenvalue weighted by Gasteiger charge is 2.33. The molecule has 0 atom stereocenters. The number of hydrogen-bond donors (Lipinski definition) is 1. The van der Waals surface area contributed by atoms with Gasteiger partial charge in [-0.3, -0.25) is 4.79 Å². The maximum Gasteiger partial charge on any atom is 0.260 e. The van der Waals surface area contributed by atoms with Crippen LogP contribution in [0.3, 0.4) is 0 Å². The highest BCUT2D eigenvalue weighted by molar-refractivity contribution is 7.89.